The van der Waals surface area contributed by atoms with E-state index in [4.69, 9.17) is 10.5 Å². The average molecular weight is 288 g/mol. The predicted molar refractivity (Wildman–Crippen MR) is 86.6 cm³/mol. The Hall–Kier alpha value is -1.06. The zero-order valence-corrected chi connectivity index (χ0v) is 13.0. The number of nitrogens with two attached hydrogens (primary N) is 1. The summed E-state index contributed by atoms with van der Waals surface area (Å²) in [6.45, 7) is 5.15. The molecule has 21 heavy (non-hydrogen) atoms. The van der Waals surface area contributed by atoms with E-state index in [-0.39, 0.29) is 0 Å². The van der Waals surface area contributed by atoms with Gasteiger partial charge in [0.15, 0.2) is 0 Å². The van der Waals surface area contributed by atoms with Crippen molar-refractivity contribution in [2.45, 2.75) is 32.1 Å². The Morgan fingerprint density at radius 2 is 1.62 bits per heavy atom. The smallest absolute Gasteiger partial charge is 0.119 e. The molecule has 0 saturated heterocycles. The highest BCUT2D eigenvalue weighted by atomic mass is 16.5. The Morgan fingerprint density at radius 3 is 2.14 bits per heavy atom. The highest BCUT2D eigenvalue weighted by molar-refractivity contribution is 5.27. The molecule has 1 aromatic carbocycles. The second-order valence-electron chi connectivity index (χ2n) is 6.68. The molecule has 2 saturated carbocycles. The Balaban J connectivity index is 1.40. The van der Waals surface area contributed by atoms with Crippen LogP contribution in [0.4, 0.5) is 0 Å². The van der Waals surface area contributed by atoms with Crippen LogP contribution < -0.4 is 10.5 Å². The third kappa shape index (κ3) is 5.33. The molecule has 0 aliphatic heterocycles. The van der Waals surface area contributed by atoms with Crippen LogP contribution in [-0.2, 0) is 6.42 Å². The van der Waals surface area contributed by atoms with Gasteiger partial charge in [0.05, 0.1) is 0 Å². The monoisotopic (exact) mass is 288 g/mol. The number of hydrogen-bond acceptors (Lipinski definition) is 3. The Bertz CT molecular complexity index is 409. The largest absolute Gasteiger partial charge is 0.492 e. The van der Waals surface area contributed by atoms with E-state index in [1.807, 2.05) is 0 Å². The molecular formula is C18H28N2O. The third-order valence-electron chi connectivity index (χ3n) is 4.46. The first-order chi connectivity index (χ1) is 10.3. The van der Waals surface area contributed by atoms with Gasteiger partial charge in [-0.2, -0.15) is 0 Å². The van der Waals surface area contributed by atoms with Crippen LogP contribution in [0.1, 0.15) is 31.2 Å². The van der Waals surface area contributed by atoms with Crippen LogP contribution in [0.2, 0.25) is 0 Å². The lowest BCUT2D eigenvalue weighted by atomic mass is 10.1. The van der Waals surface area contributed by atoms with Crippen molar-refractivity contribution in [3.05, 3.63) is 29.8 Å². The molecule has 0 unspecified atom stereocenters. The summed E-state index contributed by atoms with van der Waals surface area (Å²) in [5, 5.41) is 0. The lowest BCUT2D eigenvalue weighted by Gasteiger charge is -2.22. The van der Waals surface area contributed by atoms with Crippen LogP contribution in [0.5, 0.6) is 5.75 Å². The van der Waals surface area contributed by atoms with Crippen LogP contribution >= 0.6 is 0 Å². The molecule has 2 aliphatic carbocycles. The lowest BCUT2D eigenvalue weighted by molar-refractivity contribution is 0.197. The van der Waals surface area contributed by atoms with E-state index < -0.39 is 0 Å². The van der Waals surface area contributed by atoms with Gasteiger partial charge in [-0.3, -0.25) is 4.90 Å². The number of hydrogen-bond donors (Lipinski definition) is 1. The molecule has 0 heterocycles. The first kappa shape index (κ1) is 14.9. The van der Waals surface area contributed by atoms with Gasteiger partial charge >= 0.3 is 0 Å². The summed E-state index contributed by atoms with van der Waals surface area (Å²) < 4.78 is 5.90. The average Bonchev–Trinajstić information content (AvgIpc) is 3.37. The second-order valence-corrected chi connectivity index (χ2v) is 6.68. The zero-order valence-electron chi connectivity index (χ0n) is 13.0. The molecule has 0 aromatic heterocycles. The molecule has 116 valence electrons. The maximum absolute atomic E-state index is 5.90. The fraction of sp³-hybridized carbons (Fsp3) is 0.667. The highest BCUT2D eigenvalue weighted by Gasteiger charge is 2.28. The molecule has 0 amide bonds. The van der Waals surface area contributed by atoms with E-state index in [9.17, 15) is 0 Å². The van der Waals surface area contributed by atoms with Crippen molar-refractivity contribution in [3.63, 3.8) is 0 Å². The molecule has 3 heteroatoms. The topological polar surface area (TPSA) is 38.5 Å². The van der Waals surface area contributed by atoms with E-state index >= 15 is 0 Å². The van der Waals surface area contributed by atoms with Gasteiger partial charge in [0, 0.05) is 19.6 Å². The number of ether oxygens (including phenoxy) is 1. The summed E-state index contributed by atoms with van der Waals surface area (Å²) in [4.78, 5) is 2.62. The molecular weight excluding hydrogens is 260 g/mol. The summed E-state index contributed by atoms with van der Waals surface area (Å²) in [5.41, 5.74) is 6.85. The molecule has 2 aliphatic rings. The molecule has 3 rings (SSSR count). The van der Waals surface area contributed by atoms with Gasteiger partial charge in [-0.15, -0.1) is 0 Å². The number of nitrogens with zero attached hydrogens (tertiary/aromatic N) is 1. The van der Waals surface area contributed by atoms with Crippen LogP contribution in [0, 0.1) is 11.8 Å². The third-order valence-corrected chi connectivity index (χ3v) is 4.46. The van der Waals surface area contributed by atoms with E-state index in [2.05, 4.69) is 29.2 Å². The van der Waals surface area contributed by atoms with Crippen molar-refractivity contribution in [2.75, 3.05) is 32.8 Å². The first-order valence-corrected chi connectivity index (χ1v) is 8.47. The minimum atomic E-state index is 0.706. The predicted octanol–water partition coefficient (Wildman–Crippen LogP) is 2.69. The summed E-state index contributed by atoms with van der Waals surface area (Å²) in [6, 6.07) is 8.37. The molecule has 1 aromatic rings. The normalized spacial score (nSPS) is 18.2. The summed E-state index contributed by atoms with van der Waals surface area (Å²) in [7, 11) is 0. The highest BCUT2D eigenvalue weighted by Crippen LogP contribution is 2.33. The molecule has 0 radical (unpaired) electrons. The van der Waals surface area contributed by atoms with Gasteiger partial charge in [-0.05, 0) is 68.2 Å². The van der Waals surface area contributed by atoms with Gasteiger partial charge in [0.25, 0.3) is 0 Å². The number of benzene rings is 1. The van der Waals surface area contributed by atoms with Gasteiger partial charge in [-0.1, -0.05) is 12.1 Å². The Kier molecular flexibility index (Phi) is 5.15. The molecule has 2 fully saturated rings. The van der Waals surface area contributed by atoms with Crippen LogP contribution in [-0.4, -0.2) is 37.7 Å². The SMILES string of the molecule is NCCc1ccc(OCCN(CC2CC2)CC2CC2)cc1. The van der Waals surface area contributed by atoms with Crippen LogP contribution in [0.25, 0.3) is 0 Å². The Labute approximate surface area is 128 Å². The molecule has 0 atom stereocenters. The molecule has 0 bridgehead atoms. The minimum absolute atomic E-state index is 0.706. The van der Waals surface area contributed by atoms with Gasteiger partial charge in [0.1, 0.15) is 12.4 Å². The van der Waals surface area contributed by atoms with Crippen molar-refractivity contribution in [1.82, 2.24) is 4.90 Å². The molecule has 2 N–H and O–H groups in total. The van der Waals surface area contributed by atoms with Crippen LogP contribution in [0.3, 0.4) is 0 Å². The van der Waals surface area contributed by atoms with Crippen molar-refractivity contribution in [1.29, 1.82) is 0 Å². The van der Waals surface area contributed by atoms with Gasteiger partial charge in [0.2, 0.25) is 0 Å². The maximum atomic E-state index is 5.90. The van der Waals surface area contributed by atoms with Gasteiger partial charge < -0.3 is 10.5 Å². The van der Waals surface area contributed by atoms with Gasteiger partial charge in [-0.25, -0.2) is 0 Å². The van der Waals surface area contributed by atoms with Crippen LogP contribution in [0.15, 0.2) is 24.3 Å². The summed E-state index contributed by atoms with van der Waals surface area (Å²) in [6.07, 6.45) is 6.68. The van der Waals surface area contributed by atoms with E-state index in [1.165, 1.54) is 44.3 Å². The van der Waals surface area contributed by atoms with E-state index in [0.717, 1.165) is 37.2 Å². The van der Waals surface area contributed by atoms with Crippen molar-refractivity contribution in [2.24, 2.45) is 17.6 Å². The maximum Gasteiger partial charge on any atom is 0.119 e. The fourth-order valence-electron chi connectivity index (χ4n) is 2.80. The molecule has 3 nitrogen and oxygen atoms in total. The quantitative estimate of drug-likeness (QED) is 0.719. The van der Waals surface area contributed by atoms with E-state index in [1.54, 1.807) is 0 Å². The Morgan fingerprint density at radius 1 is 1.00 bits per heavy atom. The zero-order chi connectivity index (χ0) is 14.5. The minimum Gasteiger partial charge on any atom is -0.492 e. The van der Waals surface area contributed by atoms with E-state index in [0.29, 0.717) is 6.54 Å². The fourth-order valence-corrected chi connectivity index (χ4v) is 2.80. The van der Waals surface area contributed by atoms with Crippen molar-refractivity contribution in [3.8, 4) is 5.75 Å². The van der Waals surface area contributed by atoms with Crippen molar-refractivity contribution < 1.29 is 4.74 Å². The molecule has 0 spiro atoms. The number of rotatable bonds is 10. The first-order valence-electron chi connectivity index (χ1n) is 8.47. The summed E-state index contributed by atoms with van der Waals surface area (Å²) >= 11 is 0. The van der Waals surface area contributed by atoms with Crippen molar-refractivity contribution >= 4 is 0 Å². The summed E-state index contributed by atoms with van der Waals surface area (Å²) in [5.74, 6) is 2.92. The second kappa shape index (κ2) is 7.28. The standard InChI is InChI=1S/C18H28N2O/c19-10-9-15-5-7-18(8-6-15)21-12-11-20(13-16-1-2-16)14-17-3-4-17/h5-8,16-17H,1-4,9-14,19H2. The lowest BCUT2D eigenvalue weighted by Crippen LogP contribution is -2.32.